The number of benzene rings is 1. The first-order valence-electron chi connectivity index (χ1n) is 5.92. The molecule has 0 unspecified atom stereocenters. The number of para-hydroxylation sites is 1. The molecule has 0 bridgehead atoms. The molecule has 0 saturated carbocycles. The largest absolute Gasteiger partial charge is 0.484 e. The molecule has 0 radical (unpaired) electrons. The van der Waals surface area contributed by atoms with E-state index in [0.29, 0.717) is 5.69 Å². The van der Waals surface area contributed by atoms with E-state index >= 15 is 0 Å². The number of nitro groups is 1. The van der Waals surface area contributed by atoms with Gasteiger partial charge in [-0.15, -0.1) is 0 Å². The Kier molecular flexibility index (Phi) is 3.70. The average Bonchev–Trinajstić information content (AvgIpc) is 2.80. The van der Waals surface area contributed by atoms with Gasteiger partial charge < -0.3 is 4.74 Å². The zero-order valence-corrected chi connectivity index (χ0v) is 10.7. The van der Waals surface area contributed by atoms with Gasteiger partial charge in [-0.2, -0.15) is 0 Å². The van der Waals surface area contributed by atoms with E-state index in [1.807, 2.05) is 26.0 Å². The summed E-state index contributed by atoms with van der Waals surface area (Å²) in [5, 5.41) is 11.2. The van der Waals surface area contributed by atoms with Crippen LogP contribution < -0.4 is 10.2 Å². The number of hydrogen-bond donors (Lipinski definition) is 1. The molecule has 0 aliphatic carbocycles. The predicted octanol–water partition coefficient (Wildman–Crippen LogP) is 3.06. The molecule has 2 aromatic rings. The number of anilines is 1. The average molecular weight is 261 g/mol. The van der Waals surface area contributed by atoms with Gasteiger partial charge in [0.2, 0.25) is 0 Å². The number of aromatic nitrogens is 1. The normalized spacial score (nSPS) is 10.5. The maximum absolute atomic E-state index is 11.2. The minimum absolute atomic E-state index is 0.0649. The van der Waals surface area contributed by atoms with Crippen molar-refractivity contribution in [2.45, 2.75) is 20.0 Å². The van der Waals surface area contributed by atoms with Crippen LogP contribution in [0.2, 0.25) is 0 Å². The molecular weight excluding hydrogens is 246 g/mol. The predicted molar refractivity (Wildman–Crippen MR) is 72.3 cm³/mol. The van der Waals surface area contributed by atoms with Crippen LogP contribution in [0.3, 0.4) is 0 Å². The first-order chi connectivity index (χ1) is 9.08. The Labute approximate surface area is 110 Å². The van der Waals surface area contributed by atoms with Crippen LogP contribution in [0.15, 0.2) is 42.7 Å². The number of hydrogen-bond acceptors (Lipinski definition) is 4. The van der Waals surface area contributed by atoms with E-state index in [9.17, 15) is 10.1 Å². The molecule has 19 heavy (non-hydrogen) atoms. The summed E-state index contributed by atoms with van der Waals surface area (Å²) in [4.78, 5) is 10.8. The van der Waals surface area contributed by atoms with Gasteiger partial charge in [-0.1, -0.05) is 6.07 Å². The maximum atomic E-state index is 11.2. The Bertz CT molecular complexity index is 565. The molecule has 0 amide bonds. The van der Waals surface area contributed by atoms with Crippen LogP contribution in [0.25, 0.3) is 0 Å². The zero-order valence-electron chi connectivity index (χ0n) is 10.7. The number of nitro benzene ring substituents is 1. The molecule has 0 aliphatic rings. The molecule has 1 aromatic carbocycles. The standard InChI is InChI=1S/C13H15N3O3/c1-10(2)19-12-7-5-6-11(13(12)16(17)18)14-15-8-3-4-9-15/h3-10,14H,1-2H3. The van der Waals surface area contributed by atoms with Gasteiger partial charge in [-0.3, -0.25) is 20.2 Å². The first kappa shape index (κ1) is 12.9. The van der Waals surface area contributed by atoms with Crippen LogP contribution in [0.5, 0.6) is 5.75 Å². The minimum atomic E-state index is -0.441. The number of nitrogens with zero attached hydrogens (tertiary/aromatic N) is 2. The smallest absolute Gasteiger partial charge is 0.335 e. The van der Waals surface area contributed by atoms with Crippen molar-refractivity contribution in [3.8, 4) is 5.75 Å². The molecule has 0 spiro atoms. The van der Waals surface area contributed by atoms with Gasteiger partial charge in [0.05, 0.1) is 11.0 Å². The molecule has 1 aromatic heterocycles. The summed E-state index contributed by atoms with van der Waals surface area (Å²) in [5.41, 5.74) is 3.27. The second kappa shape index (κ2) is 5.43. The molecule has 0 atom stereocenters. The Balaban J connectivity index is 2.39. The third-order valence-electron chi connectivity index (χ3n) is 2.40. The van der Waals surface area contributed by atoms with Crippen molar-refractivity contribution >= 4 is 11.4 Å². The highest BCUT2D eigenvalue weighted by atomic mass is 16.6. The summed E-state index contributed by atoms with van der Waals surface area (Å²) in [5.74, 6) is 0.261. The monoisotopic (exact) mass is 261 g/mol. The van der Waals surface area contributed by atoms with Gasteiger partial charge in [0.15, 0.2) is 5.75 Å². The number of nitrogens with one attached hydrogen (secondary N) is 1. The third kappa shape index (κ3) is 3.04. The minimum Gasteiger partial charge on any atom is -0.484 e. The van der Waals surface area contributed by atoms with Crippen LogP contribution in [-0.4, -0.2) is 15.7 Å². The first-order valence-corrected chi connectivity index (χ1v) is 5.92. The van der Waals surface area contributed by atoms with Crippen molar-refractivity contribution in [1.29, 1.82) is 0 Å². The van der Waals surface area contributed by atoms with E-state index in [4.69, 9.17) is 4.74 Å². The van der Waals surface area contributed by atoms with Crippen LogP contribution in [0, 0.1) is 10.1 Å². The van der Waals surface area contributed by atoms with Crippen LogP contribution in [0.4, 0.5) is 11.4 Å². The summed E-state index contributed by atoms with van der Waals surface area (Å²) < 4.78 is 7.12. The van der Waals surface area contributed by atoms with Crippen LogP contribution >= 0.6 is 0 Å². The zero-order chi connectivity index (χ0) is 13.8. The fourth-order valence-corrected chi connectivity index (χ4v) is 1.70. The Hall–Kier alpha value is -2.50. The molecule has 6 heteroatoms. The van der Waals surface area contributed by atoms with Gasteiger partial charge >= 0.3 is 5.69 Å². The SMILES string of the molecule is CC(C)Oc1cccc(Nn2cccc2)c1[N+](=O)[O-]. The van der Waals surface area contributed by atoms with Gasteiger partial charge in [-0.25, -0.2) is 0 Å². The summed E-state index contributed by atoms with van der Waals surface area (Å²) in [6, 6.07) is 8.61. The molecule has 2 rings (SSSR count). The molecular formula is C13H15N3O3. The van der Waals surface area contributed by atoms with Crippen molar-refractivity contribution in [3.05, 3.63) is 52.8 Å². The van der Waals surface area contributed by atoms with Crippen molar-refractivity contribution in [2.75, 3.05) is 5.43 Å². The lowest BCUT2D eigenvalue weighted by Gasteiger charge is -2.13. The van der Waals surface area contributed by atoms with E-state index in [-0.39, 0.29) is 17.5 Å². The number of rotatable bonds is 5. The second-order valence-corrected chi connectivity index (χ2v) is 4.28. The lowest BCUT2D eigenvalue weighted by Crippen LogP contribution is -2.11. The van der Waals surface area contributed by atoms with Crippen molar-refractivity contribution in [2.24, 2.45) is 0 Å². The molecule has 0 saturated heterocycles. The lowest BCUT2D eigenvalue weighted by molar-refractivity contribution is -0.385. The summed E-state index contributed by atoms with van der Waals surface area (Å²) in [6.45, 7) is 3.66. The second-order valence-electron chi connectivity index (χ2n) is 4.28. The molecule has 0 aliphatic heterocycles. The quantitative estimate of drug-likeness (QED) is 0.663. The Morgan fingerprint density at radius 2 is 1.95 bits per heavy atom. The van der Waals surface area contributed by atoms with Gasteiger partial charge in [-0.05, 0) is 38.1 Å². The fraction of sp³-hybridized carbons (Fsp3) is 0.231. The van der Waals surface area contributed by atoms with E-state index in [2.05, 4.69) is 5.43 Å². The fourth-order valence-electron chi connectivity index (χ4n) is 1.70. The van der Waals surface area contributed by atoms with Crippen molar-refractivity contribution in [3.63, 3.8) is 0 Å². The Morgan fingerprint density at radius 3 is 2.53 bits per heavy atom. The van der Waals surface area contributed by atoms with Crippen LogP contribution in [0.1, 0.15) is 13.8 Å². The lowest BCUT2D eigenvalue weighted by atomic mass is 10.2. The molecule has 6 nitrogen and oxygen atoms in total. The molecule has 0 fully saturated rings. The van der Waals surface area contributed by atoms with Crippen molar-refractivity contribution in [1.82, 2.24) is 4.68 Å². The number of ether oxygens (including phenoxy) is 1. The molecule has 100 valence electrons. The summed E-state index contributed by atoms with van der Waals surface area (Å²) in [6.07, 6.45) is 3.40. The van der Waals surface area contributed by atoms with E-state index in [1.54, 1.807) is 35.3 Å². The third-order valence-corrected chi connectivity index (χ3v) is 2.40. The highest BCUT2D eigenvalue weighted by Crippen LogP contribution is 2.35. The highest BCUT2D eigenvalue weighted by molar-refractivity contribution is 5.68. The van der Waals surface area contributed by atoms with Gasteiger partial charge in [0, 0.05) is 12.4 Å². The topological polar surface area (TPSA) is 69.3 Å². The molecule has 1 heterocycles. The van der Waals surface area contributed by atoms with E-state index < -0.39 is 4.92 Å². The Morgan fingerprint density at radius 1 is 1.26 bits per heavy atom. The summed E-state index contributed by atoms with van der Waals surface area (Å²) >= 11 is 0. The summed E-state index contributed by atoms with van der Waals surface area (Å²) in [7, 11) is 0. The van der Waals surface area contributed by atoms with Gasteiger partial charge in [0.25, 0.3) is 0 Å². The maximum Gasteiger partial charge on any atom is 0.335 e. The molecule has 1 N–H and O–H groups in total. The van der Waals surface area contributed by atoms with Crippen molar-refractivity contribution < 1.29 is 9.66 Å². The van der Waals surface area contributed by atoms with Crippen LogP contribution in [-0.2, 0) is 0 Å². The van der Waals surface area contributed by atoms with E-state index in [1.165, 1.54) is 0 Å². The van der Waals surface area contributed by atoms with E-state index in [0.717, 1.165) is 0 Å². The van der Waals surface area contributed by atoms with Gasteiger partial charge in [0.1, 0.15) is 5.69 Å². The highest BCUT2D eigenvalue weighted by Gasteiger charge is 2.21.